The summed E-state index contributed by atoms with van der Waals surface area (Å²) in [6, 6.07) is 9.37. The van der Waals surface area contributed by atoms with Crippen molar-refractivity contribution in [2.45, 2.75) is 11.7 Å². The summed E-state index contributed by atoms with van der Waals surface area (Å²) in [5.74, 6) is 0.708. The van der Waals surface area contributed by atoms with Crippen LogP contribution in [0.3, 0.4) is 0 Å². The molecule has 0 saturated heterocycles. The predicted molar refractivity (Wildman–Crippen MR) is 77.6 cm³/mol. The van der Waals surface area contributed by atoms with E-state index in [1.54, 1.807) is 6.07 Å². The molecule has 0 aliphatic carbocycles. The van der Waals surface area contributed by atoms with Crippen LogP contribution in [0.4, 0.5) is 5.82 Å². The Kier molecular flexibility index (Phi) is 4.69. The molecule has 0 atom stereocenters. The number of aromatic nitrogens is 2. The molecule has 0 fully saturated rings. The van der Waals surface area contributed by atoms with Crippen molar-refractivity contribution in [3.8, 4) is 0 Å². The molecule has 0 bridgehead atoms. The average Bonchev–Trinajstić information content (AvgIpc) is 2.36. The van der Waals surface area contributed by atoms with Gasteiger partial charge in [0.1, 0.15) is 11.0 Å². The first kappa shape index (κ1) is 13.5. The number of nitrogens with zero attached hydrogens (tertiary/aromatic N) is 2. The van der Waals surface area contributed by atoms with Crippen molar-refractivity contribution < 1.29 is 0 Å². The predicted octanol–water partition coefficient (Wildman–Crippen LogP) is 4.12. The normalized spacial score (nSPS) is 10.4. The van der Waals surface area contributed by atoms with E-state index in [9.17, 15) is 0 Å². The molecule has 3 nitrogen and oxygen atoms in total. The summed E-state index contributed by atoms with van der Waals surface area (Å²) in [7, 11) is 0. The minimum Gasteiger partial charge on any atom is -0.366 e. The minimum atomic E-state index is 0.433. The van der Waals surface area contributed by atoms with Crippen molar-refractivity contribution in [3.63, 3.8) is 0 Å². The number of hydrogen-bond acceptors (Lipinski definition) is 4. The fourth-order valence-electron chi connectivity index (χ4n) is 1.42. The van der Waals surface area contributed by atoms with Crippen LogP contribution in [0.15, 0.2) is 35.5 Å². The van der Waals surface area contributed by atoms with Gasteiger partial charge in [-0.25, -0.2) is 9.97 Å². The lowest BCUT2D eigenvalue weighted by Gasteiger charge is -2.07. The lowest BCUT2D eigenvalue weighted by Crippen LogP contribution is -2.02. The molecule has 94 valence electrons. The summed E-state index contributed by atoms with van der Waals surface area (Å²) in [5.41, 5.74) is 1.09. The second kappa shape index (κ2) is 6.27. The monoisotopic (exact) mass is 299 g/mol. The van der Waals surface area contributed by atoms with Crippen LogP contribution in [0.5, 0.6) is 0 Å². The van der Waals surface area contributed by atoms with E-state index < -0.39 is 0 Å². The zero-order valence-electron chi connectivity index (χ0n) is 9.65. The maximum absolute atomic E-state index is 5.92. The molecule has 18 heavy (non-hydrogen) atoms. The second-order valence-electron chi connectivity index (χ2n) is 3.55. The number of benzene rings is 1. The van der Waals surface area contributed by atoms with Crippen LogP contribution in [0.25, 0.3) is 0 Å². The van der Waals surface area contributed by atoms with Crippen molar-refractivity contribution in [2.24, 2.45) is 0 Å². The van der Waals surface area contributed by atoms with E-state index in [1.807, 2.05) is 30.5 Å². The van der Waals surface area contributed by atoms with Crippen LogP contribution < -0.4 is 5.32 Å². The zero-order chi connectivity index (χ0) is 13.0. The van der Waals surface area contributed by atoms with E-state index >= 15 is 0 Å². The molecule has 1 aromatic heterocycles. The Labute approximate surface area is 120 Å². The van der Waals surface area contributed by atoms with Gasteiger partial charge in [-0.15, -0.1) is 0 Å². The van der Waals surface area contributed by atoms with Gasteiger partial charge in [0.05, 0.1) is 0 Å². The quantitative estimate of drug-likeness (QED) is 0.524. The molecule has 0 saturated carbocycles. The van der Waals surface area contributed by atoms with Gasteiger partial charge in [0.25, 0.3) is 0 Å². The third-order valence-electron chi connectivity index (χ3n) is 2.22. The highest BCUT2D eigenvalue weighted by Crippen LogP contribution is 2.18. The van der Waals surface area contributed by atoms with Crippen LogP contribution in [0.1, 0.15) is 5.56 Å². The molecule has 1 aromatic carbocycles. The zero-order valence-corrected chi connectivity index (χ0v) is 12.0. The van der Waals surface area contributed by atoms with E-state index in [0.29, 0.717) is 22.7 Å². The van der Waals surface area contributed by atoms with Gasteiger partial charge in [-0.3, -0.25) is 0 Å². The lowest BCUT2D eigenvalue weighted by atomic mass is 10.2. The molecule has 2 aromatic rings. The standard InChI is InChI=1S/C12H11Cl2N3S/c1-18-12-16-10(14)6-11(17-12)15-7-8-3-2-4-9(13)5-8/h2-6H,7H2,1H3,(H,15,16,17). The molecule has 6 heteroatoms. The number of hydrogen-bond donors (Lipinski definition) is 1. The molecule has 0 aliphatic rings. The summed E-state index contributed by atoms with van der Waals surface area (Å²) in [6.45, 7) is 0.641. The SMILES string of the molecule is CSc1nc(Cl)cc(NCc2cccc(Cl)c2)n1. The Balaban J connectivity index is 2.08. The number of halogens is 2. The summed E-state index contributed by atoms with van der Waals surface area (Å²) < 4.78 is 0. The molecule has 0 radical (unpaired) electrons. The topological polar surface area (TPSA) is 37.8 Å². The van der Waals surface area contributed by atoms with Gasteiger partial charge in [0, 0.05) is 17.6 Å². The number of anilines is 1. The Morgan fingerprint density at radius 1 is 1.22 bits per heavy atom. The van der Waals surface area contributed by atoms with Crippen molar-refractivity contribution in [3.05, 3.63) is 46.1 Å². The fourth-order valence-corrected chi connectivity index (χ4v) is 2.24. The van der Waals surface area contributed by atoms with Crippen molar-refractivity contribution in [1.82, 2.24) is 9.97 Å². The van der Waals surface area contributed by atoms with Gasteiger partial charge >= 0.3 is 0 Å². The first-order valence-electron chi connectivity index (χ1n) is 5.24. The first-order valence-corrected chi connectivity index (χ1v) is 7.22. The number of nitrogens with one attached hydrogen (secondary N) is 1. The van der Waals surface area contributed by atoms with Gasteiger partial charge in [0.2, 0.25) is 0 Å². The van der Waals surface area contributed by atoms with Crippen LogP contribution in [-0.4, -0.2) is 16.2 Å². The fraction of sp³-hybridized carbons (Fsp3) is 0.167. The van der Waals surface area contributed by atoms with Crippen LogP contribution in [-0.2, 0) is 6.54 Å². The van der Waals surface area contributed by atoms with E-state index in [4.69, 9.17) is 23.2 Å². The Morgan fingerprint density at radius 2 is 2.06 bits per heavy atom. The van der Waals surface area contributed by atoms with E-state index in [1.165, 1.54) is 11.8 Å². The maximum Gasteiger partial charge on any atom is 0.190 e. The maximum atomic E-state index is 5.92. The third-order valence-corrected chi connectivity index (χ3v) is 3.20. The van der Waals surface area contributed by atoms with Gasteiger partial charge in [-0.05, 0) is 24.0 Å². The summed E-state index contributed by atoms with van der Waals surface area (Å²) in [4.78, 5) is 8.39. The Bertz CT molecular complexity index is 549. The molecular weight excluding hydrogens is 289 g/mol. The lowest BCUT2D eigenvalue weighted by molar-refractivity contribution is 0.956. The van der Waals surface area contributed by atoms with E-state index in [2.05, 4.69) is 15.3 Å². The molecule has 0 spiro atoms. The van der Waals surface area contributed by atoms with Gasteiger partial charge < -0.3 is 5.32 Å². The first-order chi connectivity index (χ1) is 8.67. The number of thioether (sulfide) groups is 1. The molecule has 0 aliphatic heterocycles. The smallest absolute Gasteiger partial charge is 0.190 e. The molecule has 2 rings (SSSR count). The van der Waals surface area contributed by atoms with Gasteiger partial charge in [-0.2, -0.15) is 0 Å². The molecular formula is C12H11Cl2N3S. The van der Waals surface area contributed by atoms with Crippen LogP contribution in [0, 0.1) is 0 Å². The van der Waals surface area contributed by atoms with Crippen molar-refractivity contribution >= 4 is 40.8 Å². The average molecular weight is 300 g/mol. The summed E-state index contributed by atoms with van der Waals surface area (Å²) in [5, 5.41) is 5.00. The third kappa shape index (κ3) is 3.77. The highest BCUT2D eigenvalue weighted by Gasteiger charge is 2.02. The number of rotatable bonds is 4. The Morgan fingerprint density at radius 3 is 2.78 bits per heavy atom. The largest absolute Gasteiger partial charge is 0.366 e. The van der Waals surface area contributed by atoms with Gasteiger partial charge in [-0.1, -0.05) is 47.1 Å². The highest BCUT2D eigenvalue weighted by molar-refractivity contribution is 7.98. The Hall–Kier alpha value is -0.970. The summed E-state index contributed by atoms with van der Waals surface area (Å²) in [6.07, 6.45) is 1.91. The molecule has 1 N–H and O–H groups in total. The highest BCUT2D eigenvalue weighted by atomic mass is 35.5. The second-order valence-corrected chi connectivity index (χ2v) is 5.14. The molecule has 0 unspecified atom stereocenters. The summed E-state index contributed by atoms with van der Waals surface area (Å²) >= 11 is 13.3. The van der Waals surface area contributed by atoms with Crippen molar-refractivity contribution in [2.75, 3.05) is 11.6 Å². The van der Waals surface area contributed by atoms with Crippen LogP contribution >= 0.6 is 35.0 Å². The van der Waals surface area contributed by atoms with Gasteiger partial charge in [0.15, 0.2) is 5.16 Å². The van der Waals surface area contributed by atoms with E-state index in [-0.39, 0.29) is 0 Å². The minimum absolute atomic E-state index is 0.433. The van der Waals surface area contributed by atoms with E-state index in [0.717, 1.165) is 10.6 Å². The molecule has 0 amide bonds. The van der Waals surface area contributed by atoms with Crippen LogP contribution in [0.2, 0.25) is 10.2 Å². The molecule has 1 heterocycles. The van der Waals surface area contributed by atoms with Crippen molar-refractivity contribution in [1.29, 1.82) is 0 Å².